The molecule has 0 saturated carbocycles. The van der Waals surface area contributed by atoms with Gasteiger partial charge in [-0.1, -0.05) is 0 Å². The highest BCUT2D eigenvalue weighted by atomic mass is 16.6. The number of aliphatic imine (C=N–C) groups is 2. The van der Waals surface area contributed by atoms with Gasteiger partial charge in [0.25, 0.3) is 0 Å². The molecule has 0 aromatic carbocycles. The summed E-state index contributed by atoms with van der Waals surface area (Å²) < 4.78 is 21.6. The standard InChI is InChI=1S/C15H26N2O6/c1-15(23-11-10-21-7-3-5-17-14-19)12-22-9-8-20-6-2-4-16-13-18/h15H,2-12H2,1H3. The molecule has 0 N–H and O–H groups in total. The van der Waals surface area contributed by atoms with Crippen LogP contribution in [0.25, 0.3) is 0 Å². The first-order valence-corrected chi connectivity index (χ1v) is 7.73. The fraction of sp³-hybridized carbons (Fsp3) is 0.867. The van der Waals surface area contributed by atoms with Crippen LogP contribution >= 0.6 is 0 Å². The van der Waals surface area contributed by atoms with E-state index in [2.05, 4.69) is 9.98 Å². The second-order valence-electron chi connectivity index (χ2n) is 4.63. The summed E-state index contributed by atoms with van der Waals surface area (Å²) in [7, 11) is 0. The number of ether oxygens (including phenoxy) is 4. The Bertz CT molecular complexity index is 354. The lowest BCUT2D eigenvalue weighted by molar-refractivity contribution is -0.0398. The lowest BCUT2D eigenvalue weighted by Gasteiger charge is -2.13. The van der Waals surface area contributed by atoms with Crippen molar-refractivity contribution in [1.82, 2.24) is 0 Å². The van der Waals surface area contributed by atoms with Crippen molar-refractivity contribution in [3.63, 3.8) is 0 Å². The molecule has 0 aromatic rings. The molecule has 1 unspecified atom stereocenters. The number of hydrogen-bond acceptors (Lipinski definition) is 8. The molecule has 0 aromatic heterocycles. The van der Waals surface area contributed by atoms with E-state index in [0.717, 1.165) is 0 Å². The molecule has 0 spiro atoms. The van der Waals surface area contributed by atoms with Gasteiger partial charge in [0.2, 0.25) is 12.2 Å². The highest BCUT2D eigenvalue weighted by Gasteiger charge is 2.02. The van der Waals surface area contributed by atoms with Crippen LogP contribution in [0.4, 0.5) is 0 Å². The molecular weight excluding hydrogens is 304 g/mol. The lowest BCUT2D eigenvalue weighted by Crippen LogP contribution is -2.20. The fourth-order valence-corrected chi connectivity index (χ4v) is 1.51. The van der Waals surface area contributed by atoms with Gasteiger partial charge in [0, 0.05) is 13.2 Å². The molecule has 0 heterocycles. The molecule has 132 valence electrons. The van der Waals surface area contributed by atoms with Crippen LogP contribution in [0.1, 0.15) is 19.8 Å². The van der Waals surface area contributed by atoms with Gasteiger partial charge in [-0.2, -0.15) is 0 Å². The number of nitrogens with zero attached hydrogens (tertiary/aromatic N) is 2. The molecule has 0 fully saturated rings. The van der Waals surface area contributed by atoms with Crippen LogP contribution < -0.4 is 0 Å². The molecule has 23 heavy (non-hydrogen) atoms. The Hall–Kier alpha value is -1.40. The van der Waals surface area contributed by atoms with Crippen LogP contribution in [0.5, 0.6) is 0 Å². The summed E-state index contributed by atoms with van der Waals surface area (Å²) in [4.78, 5) is 26.5. The molecule has 0 aliphatic carbocycles. The van der Waals surface area contributed by atoms with Gasteiger partial charge in [-0.05, 0) is 19.8 Å². The summed E-state index contributed by atoms with van der Waals surface area (Å²) in [6, 6.07) is 0. The zero-order valence-electron chi connectivity index (χ0n) is 13.7. The summed E-state index contributed by atoms with van der Waals surface area (Å²) >= 11 is 0. The van der Waals surface area contributed by atoms with Gasteiger partial charge < -0.3 is 18.9 Å². The van der Waals surface area contributed by atoms with E-state index < -0.39 is 0 Å². The van der Waals surface area contributed by atoms with E-state index in [1.54, 1.807) is 0 Å². The highest BCUT2D eigenvalue weighted by Crippen LogP contribution is 1.93. The minimum Gasteiger partial charge on any atom is -0.379 e. The Morgan fingerprint density at radius 3 is 1.87 bits per heavy atom. The maximum absolute atomic E-state index is 9.82. The topological polar surface area (TPSA) is 95.8 Å². The Morgan fingerprint density at radius 1 is 0.783 bits per heavy atom. The van der Waals surface area contributed by atoms with Gasteiger partial charge in [-0.25, -0.2) is 19.6 Å². The largest absolute Gasteiger partial charge is 0.379 e. The van der Waals surface area contributed by atoms with Crippen molar-refractivity contribution < 1.29 is 28.5 Å². The summed E-state index contributed by atoms with van der Waals surface area (Å²) in [5, 5.41) is 0. The van der Waals surface area contributed by atoms with E-state index in [0.29, 0.717) is 72.2 Å². The number of hydrogen-bond donors (Lipinski definition) is 0. The predicted molar refractivity (Wildman–Crippen MR) is 83.1 cm³/mol. The quantitative estimate of drug-likeness (QED) is 0.223. The third-order valence-corrected chi connectivity index (χ3v) is 2.60. The first kappa shape index (κ1) is 21.6. The SMILES string of the molecule is CC(COCCOCCCN=C=O)OCCOCCCN=C=O. The normalized spacial score (nSPS) is 11.5. The minimum atomic E-state index is -0.0137. The van der Waals surface area contributed by atoms with Crippen molar-refractivity contribution >= 4 is 12.2 Å². The van der Waals surface area contributed by atoms with Crippen LogP contribution in [-0.2, 0) is 28.5 Å². The molecular formula is C15H26N2O6. The molecule has 0 rings (SSSR count). The van der Waals surface area contributed by atoms with Gasteiger partial charge in [-0.3, -0.25) is 0 Å². The van der Waals surface area contributed by atoms with Gasteiger partial charge in [0.1, 0.15) is 0 Å². The summed E-state index contributed by atoms with van der Waals surface area (Å²) in [5.74, 6) is 0. The molecule has 1 atom stereocenters. The van der Waals surface area contributed by atoms with Crippen LogP contribution in [0.15, 0.2) is 9.98 Å². The minimum absolute atomic E-state index is 0.0137. The van der Waals surface area contributed by atoms with Gasteiger partial charge >= 0.3 is 0 Å². The molecule has 0 saturated heterocycles. The molecule has 8 heteroatoms. The summed E-state index contributed by atoms with van der Waals surface area (Å²) in [6.07, 6.45) is 4.36. The summed E-state index contributed by atoms with van der Waals surface area (Å²) in [5.41, 5.74) is 0. The average molecular weight is 330 g/mol. The Kier molecular flexibility index (Phi) is 17.5. The lowest BCUT2D eigenvalue weighted by atomic mass is 10.4. The molecule has 0 aliphatic rings. The third-order valence-electron chi connectivity index (χ3n) is 2.60. The molecule has 0 radical (unpaired) electrons. The van der Waals surface area contributed by atoms with Crippen LogP contribution in [0.2, 0.25) is 0 Å². The van der Waals surface area contributed by atoms with Crippen molar-refractivity contribution in [2.45, 2.75) is 25.9 Å². The van der Waals surface area contributed by atoms with Gasteiger partial charge in [0.05, 0.1) is 52.2 Å². The molecule has 8 nitrogen and oxygen atoms in total. The smallest absolute Gasteiger partial charge is 0.234 e. The van der Waals surface area contributed by atoms with Crippen LogP contribution in [0.3, 0.4) is 0 Å². The molecule has 0 aliphatic heterocycles. The Balaban J connectivity index is 3.20. The van der Waals surface area contributed by atoms with Crippen molar-refractivity contribution in [2.24, 2.45) is 9.98 Å². The van der Waals surface area contributed by atoms with E-state index in [9.17, 15) is 9.59 Å². The van der Waals surface area contributed by atoms with Gasteiger partial charge in [-0.15, -0.1) is 0 Å². The zero-order chi connectivity index (χ0) is 17.0. The van der Waals surface area contributed by atoms with Gasteiger partial charge in [0.15, 0.2) is 0 Å². The number of isocyanates is 2. The van der Waals surface area contributed by atoms with Crippen molar-refractivity contribution in [3.05, 3.63) is 0 Å². The van der Waals surface area contributed by atoms with Crippen LogP contribution in [-0.4, -0.2) is 77.6 Å². The first-order chi connectivity index (χ1) is 11.3. The van der Waals surface area contributed by atoms with Crippen molar-refractivity contribution in [1.29, 1.82) is 0 Å². The second-order valence-corrected chi connectivity index (χ2v) is 4.63. The van der Waals surface area contributed by atoms with E-state index in [1.807, 2.05) is 6.92 Å². The van der Waals surface area contributed by atoms with E-state index in [4.69, 9.17) is 18.9 Å². The maximum Gasteiger partial charge on any atom is 0.234 e. The van der Waals surface area contributed by atoms with Crippen LogP contribution in [0, 0.1) is 0 Å². The van der Waals surface area contributed by atoms with Crippen molar-refractivity contribution in [2.75, 3.05) is 59.3 Å². The zero-order valence-corrected chi connectivity index (χ0v) is 13.7. The monoisotopic (exact) mass is 330 g/mol. The highest BCUT2D eigenvalue weighted by molar-refractivity contribution is 5.32. The molecule has 0 bridgehead atoms. The van der Waals surface area contributed by atoms with E-state index >= 15 is 0 Å². The summed E-state index contributed by atoms with van der Waals surface area (Å²) in [6.45, 7) is 6.41. The van der Waals surface area contributed by atoms with Crippen molar-refractivity contribution in [3.8, 4) is 0 Å². The van der Waals surface area contributed by atoms with E-state index in [1.165, 1.54) is 12.2 Å². The third kappa shape index (κ3) is 18.6. The maximum atomic E-state index is 9.82. The Morgan fingerprint density at radius 2 is 1.30 bits per heavy atom. The first-order valence-electron chi connectivity index (χ1n) is 7.73. The number of carbonyl (C=O) groups excluding carboxylic acids is 2. The Labute approximate surface area is 136 Å². The van der Waals surface area contributed by atoms with E-state index in [-0.39, 0.29) is 6.10 Å². The molecule has 0 amide bonds. The second kappa shape index (κ2) is 18.6. The predicted octanol–water partition coefficient (Wildman–Crippen LogP) is 0.893. The number of rotatable bonds is 17. The fourth-order valence-electron chi connectivity index (χ4n) is 1.51. The average Bonchev–Trinajstić information content (AvgIpc) is 2.56.